The molecule has 1 rings (SSSR count). The maximum absolute atomic E-state index is 12.1. The van der Waals surface area contributed by atoms with Gasteiger partial charge in [0.1, 0.15) is 0 Å². The van der Waals surface area contributed by atoms with Gasteiger partial charge in [0.2, 0.25) is 0 Å². The van der Waals surface area contributed by atoms with E-state index in [-0.39, 0.29) is 25.1 Å². The summed E-state index contributed by atoms with van der Waals surface area (Å²) in [6.45, 7) is 3.92. The number of hydrogen-bond donors (Lipinski definition) is 3. The van der Waals surface area contributed by atoms with Crippen LogP contribution >= 0.6 is 0 Å². The molecule has 6 nitrogen and oxygen atoms in total. The average molecular weight is 258 g/mol. The zero-order valence-electron chi connectivity index (χ0n) is 11.0. The van der Waals surface area contributed by atoms with Crippen LogP contribution in [0.4, 0.5) is 4.79 Å². The summed E-state index contributed by atoms with van der Waals surface area (Å²) in [5.41, 5.74) is -0.791. The molecule has 1 unspecified atom stereocenters. The lowest BCUT2D eigenvalue weighted by atomic mass is 10.00. The van der Waals surface area contributed by atoms with Gasteiger partial charge in [-0.15, -0.1) is 0 Å². The standard InChI is InChI=1S/C12H22N2O4/c1-12(2,7-10(16)17)13-11(18)14-6-4-3-5-9(14)8-15/h9,15H,3-8H2,1-2H3,(H,13,18)(H,16,17). The van der Waals surface area contributed by atoms with E-state index >= 15 is 0 Å². The lowest BCUT2D eigenvalue weighted by molar-refractivity contribution is -0.138. The number of nitrogens with zero attached hydrogens (tertiary/aromatic N) is 1. The molecule has 0 saturated carbocycles. The maximum Gasteiger partial charge on any atom is 0.318 e. The van der Waals surface area contributed by atoms with Gasteiger partial charge in [0.05, 0.1) is 19.1 Å². The van der Waals surface area contributed by atoms with E-state index < -0.39 is 11.5 Å². The SMILES string of the molecule is CC(C)(CC(=O)O)NC(=O)N1CCCCC1CO. The second-order valence-corrected chi connectivity index (χ2v) is 5.41. The molecule has 0 aromatic carbocycles. The molecule has 0 aliphatic carbocycles. The monoisotopic (exact) mass is 258 g/mol. The molecule has 0 aromatic heterocycles. The van der Waals surface area contributed by atoms with Crippen LogP contribution in [-0.4, -0.2) is 51.8 Å². The van der Waals surface area contributed by atoms with Crippen molar-refractivity contribution in [2.45, 2.75) is 51.1 Å². The Kier molecular flexibility index (Phi) is 4.95. The molecule has 0 bridgehead atoms. The first-order valence-electron chi connectivity index (χ1n) is 6.27. The number of aliphatic hydroxyl groups is 1. The number of carbonyl (C=O) groups is 2. The fourth-order valence-electron chi connectivity index (χ4n) is 2.24. The van der Waals surface area contributed by atoms with E-state index in [1.165, 1.54) is 0 Å². The van der Waals surface area contributed by atoms with E-state index in [4.69, 9.17) is 5.11 Å². The molecule has 6 heteroatoms. The van der Waals surface area contributed by atoms with Gasteiger partial charge in [0, 0.05) is 12.1 Å². The molecule has 3 N–H and O–H groups in total. The van der Waals surface area contributed by atoms with Crippen LogP contribution in [0.2, 0.25) is 0 Å². The fourth-order valence-corrected chi connectivity index (χ4v) is 2.24. The Morgan fingerprint density at radius 3 is 2.61 bits per heavy atom. The lowest BCUT2D eigenvalue weighted by Gasteiger charge is -2.37. The number of urea groups is 1. The number of likely N-dealkylation sites (tertiary alicyclic amines) is 1. The molecule has 104 valence electrons. The van der Waals surface area contributed by atoms with Crippen LogP contribution in [-0.2, 0) is 4.79 Å². The van der Waals surface area contributed by atoms with Gasteiger partial charge in [0.25, 0.3) is 0 Å². The minimum atomic E-state index is -0.947. The lowest BCUT2D eigenvalue weighted by Crippen LogP contribution is -2.55. The number of carbonyl (C=O) groups excluding carboxylic acids is 1. The second kappa shape index (κ2) is 6.04. The maximum atomic E-state index is 12.1. The highest BCUT2D eigenvalue weighted by Crippen LogP contribution is 2.18. The predicted octanol–water partition coefficient (Wildman–Crippen LogP) is 0.796. The van der Waals surface area contributed by atoms with Gasteiger partial charge in [-0.3, -0.25) is 4.79 Å². The van der Waals surface area contributed by atoms with Gasteiger partial charge in [-0.05, 0) is 33.1 Å². The van der Waals surface area contributed by atoms with Gasteiger partial charge < -0.3 is 20.4 Å². The van der Waals surface area contributed by atoms with Crippen molar-refractivity contribution in [3.63, 3.8) is 0 Å². The van der Waals surface area contributed by atoms with Crippen LogP contribution in [0.5, 0.6) is 0 Å². The van der Waals surface area contributed by atoms with Crippen LogP contribution in [0.3, 0.4) is 0 Å². The third kappa shape index (κ3) is 4.18. The second-order valence-electron chi connectivity index (χ2n) is 5.41. The first-order chi connectivity index (χ1) is 8.35. The quantitative estimate of drug-likeness (QED) is 0.695. The first-order valence-corrected chi connectivity index (χ1v) is 6.27. The molecule has 1 heterocycles. The number of aliphatic carboxylic acids is 1. The number of piperidine rings is 1. The van der Waals surface area contributed by atoms with Crippen molar-refractivity contribution in [2.24, 2.45) is 0 Å². The highest BCUT2D eigenvalue weighted by atomic mass is 16.4. The molecule has 1 saturated heterocycles. The third-order valence-corrected chi connectivity index (χ3v) is 3.14. The largest absolute Gasteiger partial charge is 0.481 e. The predicted molar refractivity (Wildman–Crippen MR) is 66.3 cm³/mol. The number of hydrogen-bond acceptors (Lipinski definition) is 3. The summed E-state index contributed by atoms with van der Waals surface area (Å²) in [5, 5.41) is 20.7. The fraction of sp³-hybridized carbons (Fsp3) is 0.833. The summed E-state index contributed by atoms with van der Waals surface area (Å²) in [7, 11) is 0. The third-order valence-electron chi connectivity index (χ3n) is 3.14. The van der Waals surface area contributed by atoms with Gasteiger partial charge in [0.15, 0.2) is 0 Å². The van der Waals surface area contributed by atoms with Crippen LogP contribution in [0, 0.1) is 0 Å². The number of nitrogens with one attached hydrogen (secondary N) is 1. The molecule has 1 aliphatic rings. The van der Waals surface area contributed by atoms with Gasteiger partial charge in [-0.25, -0.2) is 4.79 Å². The number of carboxylic acid groups (broad SMARTS) is 1. The normalized spacial score (nSPS) is 20.6. The summed E-state index contributed by atoms with van der Waals surface area (Å²) in [4.78, 5) is 24.4. The zero-order chi connectivity index (χ0) is 13.8. The van der Waals surface area contributed by atoms with Gasteiger partial charge in [-0.2, -0.15) is 0 Å². The topological polar surface area (TPSA) is 89.9 Å². The first kappa shape index (κ1) is 14.8. The molecular formula is C12H22N2O4. The number of rotatable bonds is 4. The summed E-state index contributed by atoms with van der Waals surface area (Å²) in [6.07, 6.45) is 2.59. The molecule has 0 radical (unpaired) electrons. The Bertz CT molecular complexity index is 317. The summed E-state index contributed by atoms with van der Waals surface area (Å²) in [5.74, 6) is -0.947. The Hall–Kier alpha value is -1.30. The minimum absolute atomic E-state index is 0.0488. The van der Waals surface area contributed by atoms with Crippen LogP contribution in [0.25, 0.3) is 0 Å². The van der Waals surface area contributed by atoms with Gasteiger partial charge >= 0.3 is 12.0 Å². The number of carboxylic acids is 1. The molecule has 0 spiro atoms. The molecule has 1 atom stereocenters. The van der Waals surface area contributed by atoms with Crippen LogP contribution in [0.15, 0.2) is 0 Å². The molecule has 0 aromatic rings. The van der Waals surface area contributed by atoms with Crippen molar-refractivity contribution in [1.82, 2.24) is 10.2 Å². The zero-order valence-corrected chi connectivity index (χ0v) is 11.0. The van der Waals surface area contributed by atoms with Crippen molar-refractivity contribution < 1.29 is 19.8 Å². The molecular weight excluding hydrogens is 236 g/mol. The van der Waals surface area contributed by atoms with Crippen molar-refractivity contribution in [1.29, 1.82) is 0 Å². The van der Waals surface area contributed by atoms with Crippen molar-refractivity contribution in [3.05, 3.63) is 0 Å². The van der Waals surface area contributed by atoms with E-state index in [0.717, 1.165) is 19.3 Å². The van der Waals surface area contributed by atoms with E-state index in [1.54, 1.807) is 18.7 Å². The van der Waals surface area contributed by atoms with Crippen LogP contribution < -0.4 is 5.32 Å². The highest BCUT2D eigenvalue weighted by molar-refractivity contribution is 5.77. The van der Waals surface area contributed by atoms with E-state index in [0.29, 0.717) is 6.54 Å². The summed E-state index contributed by atoms with van der Waals surface area (Å²) < 4.78 is 0. The molecule has 1 fully saturated rings. The van der Waals surface area contributed by atoms with E-state index in [2.05, 4.69) is 5.32 Å². The average Bonchev–Trinajstić information content (AvgIpc) is 2.26. The Labute approximate surface area is 107 Å². The van der Waals surface area contributed by atoms with E-state index in [9.17, 15) is 14.7 Å². The van der Waals surface area contributed by atoms with E-state index in [1.807, 2.05) is 0 Å². The van der Waals surface area contributed by atoms with Crippen molar-refractivity contribution >= 4 is 12.0 Å². The highest BCUT2D eigenvalue weighted by Gasteiger charge is 2.30. The minimum Gasteiger partial charge on any atom is -0.481 e. The smallest absolute Gasteiger partial charge is 0.318 e. The number of aliphatic hydroxyl groups excluding tert-OH is 1. The molecule has 18 heavy (non-hydrogen) atoms. The Morgan fingerprint density at radius 2 is 2.06 bits per heavy atom. The summed E-state index contributed by atoms with van der Waals surface area (Å²) >= 11 is 0. The van der Waals surface area contributed by atoms with Crippen molar-refractivity contribution in [3.8, 4) is 0 Å². The Balaban J connectivity index is 2.60. The summed E-state index contributed by atoms with van der Waals surface area (Å²) in [6, 6.07) is -0.445. The van der Waals surface area contributed by atoms with Crippen molar-refractivity contribution in [2.75, 3.05) is 13.2 Å². The van der Waals surface area contributed by atoms with Crippen LogP contribution in [0.1, 0.15) is 39.5 Å². The molecule has 2 amide bonds. The Morgan fingerprint density at radius 1 is 1.39 bits per heavy atom. The van der Waals surface area contributed by atoms with Gasteiger partial charge in [-0.1, -0.05) is 0 Å². The molecule has 1 aliphatic heterocycles. The number of amides is 2.